The molecular formula is C27H23N3O4S. The summed E-state index contributed by atoms with van der Waals surface area (Å²) in [6.07, 6.45) is 1.81. The third-order valence-electron chi connectivity index (χ3n) is 5.37. The molecule has 0 aliphatic rings. The molecule has 1 N–H and O–H groups in total. The smallest absolute Gasteiger partial charge is 0.274 e. The molecule has 7 nitrogen and oxygen atoms in total. The molecule has 176 valence electrons. The fourth-order valence-electron chi connectivity index (χ4n) is 3.83. The quantitative estimate of drug-likeness (QED) is 0.374. The zero-order valence-electron chi connectivity index (χ0n) is 19.3. The molecule has 0 saturated carbocycles. The van der Waals surface area contributed by atoms with Crippen LogP contribution in [-0.4, -0.2) is 28.5 Å². The van der Waals surface area contributed by atoms with Crippen LogP contribution in [0.2, 0.25) is 0 Å². The second kappa shape index (κ2) is 9.60. The first-order valence-corrected chi connectivity index (χ1v) is 12.0. The lowest BCUT2D eigenvalue weighted by atomic mass is 10.2. The number of fused-ring (bicyclic) bond motifs is 3. The Morgan fingerprint density at radius 1 is 1.06 bits per heavy atom. The molecule has 5 rings (SSSR count). The number of nitrogens with zero attached hydrogens (tertiary/aromatic N) is 2. The Morgan fingerprint density at radius 2 is 1.91 bits per heavy atom. The summed E-state index contributed by atoms with van der Waals surface area (Å²) in [5.41, 5.74) is 4.06. The number of nitrogens with one attached hydrogen (secondary N) is 1. The standard InChI is InChI=1S/C27H23N3O4S/c1-3-33-23-14-18(11-12-22(23)34-16-25(31)28-19-8-6-7-17(2)13-19)15-24-26(32)30-21-10-5-4-9-20(21)29-27(30)35-24/h4-15H,3,16H2,1-2H3,(H,28,31)/b24-15+. The second-order valence-corrected chi connectivity index (χ2v) is 8.99. The van der Waals surface area contributed by atoms with E-state index in [0.29, 0.717) is 27.6 Å². The van der Waals surface area contributed by atoms with Crippen molar-refractivity contribution in [1.29, 1.82) is 0 Å². The maximum absolute atomic E-state index is 13.0. The second-order valence-electron chi connectivity index (χ2n) is 7.98. The molecule has 5 aromatic rings. The lowest BCUT2D eigenvalue weighted by molar-refractivity contribution is -0.118. The minimum atomic E-state index is -0.265. The summed E-state index contributed by atoms with van der Waals surface area (Å²) < 4.78 is 13.7. The number of rotatable bonds is 7. The maximum Gasteiger partial charge on any atom is 0.274 e. The maximum atomic E-state index is 13.0. The van der Waals surface area contributed by atoms with E-state index >= 15 is 0 Å². The minimum absolute atomic E-state index is 0.107. The van der Waals surface area contributed by atoms with Crippen LogP contribution >= 0.6 is 11.3 Å². The van der Waals surface area contributed by atoms with E-state index in [2.05, 4.69) is 10.3 Å². The van der Waals surface area contributed by atoms with Crippen molar-refractivity contribution in [2.45, 2.75) is 13.8 Å². The van der Waals surface area contributed by atoms with E-state index in [1.807, 2.05) is 74.5 Å². The minimum Gasteiger partial charge on any atom is -0.490 e. The van der Waals surface area contributed by atoms with Crippen LogP contribution in [0, 0.1) is 6.92 Å². The van der Waals surface area contributed by atoms with Crippen molar-refractivity contribution in [2.75, 3.05) is 18.5 Å². The Bertz CT molecular complexity index is 1650. The van der Waals surface area contributed by atoms with Crippen LogP contribution in [0.5, 0.6) is 11.5 Å². The predicted octanol–water partition coefficient (Wildman–Crippen LogP) is 4.18. The van der Waals surface area contributed by atoms with Crippen molar-refractivity contribution in [2.24, 2.45) is 0 Å². The highest BCUT2D eigenvalue weighted by molar-refractivity contribution is 7.15. The Kier molecular flexibility index (Phi) is 6.20. The lowest BCUT2D eigenvalue weighted by Crippen LogP contribution is -2.22. The van der Waals surface area contributed by atoms with E-state index in [9.17, 15) is 9.59 Å². The summed E-state index contributed by atoms with van der Waals surface area (Å²) in [4.78, 5) is 30.6. The summed E-state index contributed by atoms with van der Waals surface area (Å²) in [7, 11) is 0. The van der Waals surface area contributed by atoms with Crippen molar-refractivity contribution >= 4 is 45.0 Å². The van der Waals surface area contributed by atoms with Gasteiger partial charge >= 0.3 is 0 Å². The summed E-state index contributed by atoms with van der Waals surface area (Å²) in [6, 6.07) is 20.5. The third kappa shape index (κ3) is 4.74. The molecule has 0 aliphatic carbocycles. The monoisotopic (exact) mass is 485 g/mol. The van der Waals surface area contributed by atoms with Gasteiger partial charge < -0.3 is 14.8 Å². The summed E-state index contributed by atoms with van der Waals surface area (Å²) in [5.74, 6) is 0.695. The third-order valence-corrected chi connectivity index (χ3v) is 6.34. The number of aromatic nitrogens is 2. The normalized spacial score (nSPS) is 11.8. The summed E-state index contributed by atoms with van der Waals surface area (Å²) >= 11 is 1.34. The topological polar surface area (TPSA) is 81.9 Å². The molecular weight excluding hydrogens is 462 g/mol. The van der Waals surface area contributed by atoms with Gasteiger partial charge in [-0.3, -0.25) is 9.59 Å². The molecule has 0 unspecified atom stereocenters. The largest absolute Gasteiger partial charge is 0.490 e. The predicted molar refractivity (Wildman–Crippen MR) is 139 cm³/mol. The number of anilines is 1. The number of aryl methyl sites for hydroxylation is 1. The van der Waals surface area contributed by atoms with Crippen LogP contribution in [0.1, 0.15) is 18.1 Å². The van der Waals surface area contributed by atoms with Crippen molar-refractivity contribution in [3.8, 4) is 11.5 Å². The van der Waals surface area contributed by atoms with E-state index in [0.717, 1.165) is 27.8 Å². The Morgan fingerprint density at radius 3 is 2.74 bits per heavy atom. The highest BCUT2D eigenvalue weighted by atomic mass is 32.1. The molecule has 1 amide bonds. The van der Waals surface area contributed by atoms with Gasteiger partial charge in [-0.05, 0) is 67.4 Å². The number of hydrogen-bond donors (Lipinski definition) is 1. The number of ether oxygens (including phenoxy) is 2. The number of benzene rings is 3. The number of carbonyl (C=O) groups is 1. The van der Waals surface area contributed by atoms with Crippen LogP contribution in [0.25, 0.3) is 22.1 Å². The summed E-state index contributed by atoms with van der Waals surface area (Å²) in [5, 5.41) is 2.82. The molecule has 3 aromatic carbocycles. The van der Waals surface area contributed by atoms with Gasteiger partial charge in [-0.1, -0.05) is 41.7 Å². The SMILES string of the molecule is CCOc1cc(/C=c2/sc3nc4ccccc4n3c2=O)ccc1OCC(=O)Nc1cccc(C)c1. The van der Waals surface area contributed by atoms with Crippen molar-refractivity contribution in [1.82, 2.24) is 9.38 Å². The van der Waals surface area contributed by atoms with Crippen LogP contribution in [0.4, 0.5) is 5.69 Å². The van der Waals surface area contributed by atoms with Crippen molar-refractivity contribution < 1.29 is 14.3 Å². The molecule has 2 heterocycles. The van der Waals surface area contributed by atoms with Gasteiger partial charge in [0.25, 0.3) is 11.5 Å². The van der Waals surface area contributed by atoms with Gasteiger partial charge in [-0.15, -0.1) is 0 Å². The van der Waals surface area contributed by atoms with Gasteiger partial charge in [0.1, 0.15) is 0 Å². The zero-order valence-corrected chi connectivity index (χ0v) is 20.1. The number of amides is 1. The molecule has 0 radical (unpaired) electrons. The molecule has 35 heavy (non-hydrogen) atoms. The average molecular weight is 486 g/mol. The Balaban J connectivity index is 1.38. The molecule has 0 atom stereocenters. The van der Waals surface area contributed by atoms with Crippen molar-refractivity contribution in [3.63, 3.8) is 0 Å². The van der Waals surface area contributed by atoms with Gasteiger partial charge in [0.15, 0.2) is 23.1 Å². The molecule has 0 bridgehead atoms. The molecule has 0 spiro atoms. The van der Waals surface area contributed by atoms with Crippen LogP contribution < -0.4 is 24.9 Å². The van der Waals surface area contributed by atoms with Gasteiger partial charge in [-0.25, -0.2) is 9.38 Å². The van der Waals surface area contributed by atoms with E-state index in [1.165, 1.54) is 11.3 Å². The first-order valence-electron chi connectivity index (χ1n) is 11.2. The highest BCUT2D eigenvalue weighted by Gasteiger charge is 2.12. The number of thiazole rings is 1. The number of hydrogen-bond acceptors (Lipinski definition) is 6. The van der Waals surface area contributed by atoms with Crippen LogP contribution in [0.15, 0.2) is 71.5 Å². The Labute approximate surface area is 205 Å². The fraction of sp³-hybridized carbons (Fsp3) is 0.148. The van der Waals surface area contributed by atoms with Crippen LogP contribution in [-0.2, 0) is 4.79 Å². The van der Waals surface area contributed by atoms with Crippen LogP contribution in [0.3, 0.4) is 0 Å². The molecule has 8 heteroatoms. The molecule has 0 aliphatic heterocycles. The number of para-hydroxylation sites is 2. The number of imidazole rings is 1. The van der Waals surface area contributed by atoms with E-state index in [-0.39, 0.29) is 18.1 Å². The molecule has 0 saturated heterocycles. The first kappa shape index (κ1) is 22.6. The van der Waals surface area contributed by atoms with Crippen molar-refractivity contribution in [3.05, 3.63) is 92.7 Å². The first-order chi connectivity index (χ1) is 17.0. The average Bonchev–Trinajstić information content (AvgIpc) is 3.35. The van der Waals surface area contributed by atoms with Gasteiger partial charge in [0.2, 0.25) is 0 Å². The fourth-order valence-corrected chi connectivity index (χ4v) is 4.82. The number of carbonyl (C=O) groups excluding carboxylic acids is 1. The van der Waals surface area contributed by atoms with E-state index in [1.54, 1.807) is 16.5 Å². The summed E-state index contributed by atoms with van der Waals surface area (Å²) in [6.45, 7) is 4.11. The lowest BCUT2D eigenvalue weighted by Gasteiger charge is -2.13. The van der Waals surface area contributed by atoms with E-state index < -0.39 is 0 Å². The molecule has 2 aromatic heterocycles. The van der Waals surface area contributed by atoms with E-state index in [4.69, 9.17) is 9.47 Å². The Hall–Kier alpha value is -4.17. The molecule has 0 fully saturated rings. The zero-order chi connectivity index (χ0) is 24.4. The van der Waals surface area contributed by atoms with Gasteiger partial charge in [0, 0.05) is 5.69 Å². The van der Waals surface area contributed by atoms with Gasteiger partial charge in [-0.2, -0.15) is 0 Å². The van der Waals surface area contributed by atoms with Gasteiger partial charge in [0.05, 0.1) is 22.2 Å². The highest BCUT2D eigenvalue weighted by Crippen LogP contribution is 2.29.